The molecule has 0 aliphatic carbocycles. The van der Waals surface area contributed by atoms with Crippen LogP contribution in [0.15, 0.2) is 48.7 Å². The molecule has 0 bridgehead atoms. The van der Waals surface area contributed by atoms with Gasteiger partial charge in [-0.25, -0.2) is 9.78 Å². The number of hydrogen-bond acceptors (Lipinski definition) is 4. The molecule has 0 spiro atoms. The minimum Gasteiger partial charge on any atom is -0.378 e. The van der Waals surface area contributed by atoms with Crippen LogP contribution in [0.5, 0.6) is 0 Å². The van der Waals surface area contributed by atoms with E-state index >= 15 is 0 Å². The molecule has 1 fully saturated rings. The van der Waals surface area contributed by atoms with Gasteiger partial charge < -0.3 is 20.3 Å². The maximum absolute atomic E-state index is 12.5. The zero-order chi connectivity index (χ0) is 19.1. The molecule has 1 aliphatic rings. The largest absolute Gasteiger partial charge is 0.378 e. The highest BCUT2D eigenvalue weighted by molar-refractivity contribution is 5.74. The third-order valence-electron chi connectivity index (χ3n) is 4.73. The van der Waals surface area contributed by atoms with E-state index in [4.69, 9.17) is 4.74 Å². The summed E-state index contributed by atoms with van der Waals surface area (Å²) in [6.07, 6.45) is 1.79. The van der Waals surface area contributed by atoms with Crippen molar-refractivity contribution in [3.8, 4) is 0 Å². The zero-order valence-corrected chi connectivity index (χ0v) is 16.0. The number of rotatable bonds is 6. The number of aromatic nitrogens is 1. The molecule has 1 saturated heterocycles. The Morgan fingerprint density at radius 3 is 2.59 bits per heavy atom. The number of carbonyl (C=O) groups excluding carboxylic acids is 1. The summed E-state index contributed by atoms with van der Waals surface area (Å²) in [5, 5.41) is 6.08. The summed E-state index contributed by atoms with van der Waals surface area (Å²) in [7, 11) is 0. The summed E-state index contributed by atoms with van der Waals surface area (Å²) < 4.78 is 5.42. The van der Waals surface area contributed by atoms with Crippen molar-refractivity contribution >= 4 is 11.8 Å². The standard InChI is InChI=1S/C21H28N4O2/c1-16(2)19(17-7-4-3-5-8-17)24-21(26)23-15-18-9-6-10-22-20(18)25-11-13-27-14-12-25/h3-10,16,19H,11-15H2,1-2H3,(H2,23,24,26). The van der Waals surface area contributed by atoms with Gasteiger partial charge in [0.05, 0.1) is 19.3 Å². The molecule has 0 saturated carbocycles. The summed E-state index contributed by atoms with van der Waals surface area (Å²) >= 11 is 0. The summed E-state index contributed by atoms with van der Waals surface area (Å²) in [4.78, 5) is 19.2. The number of benzene rings is 1. The van der Waals surface area contributed by atoms with Gasteiger partial charge in [-0.2, -0.15) is 0 Å². The van der Waals surface area contributed by atoms with E-state index in [0.717, 1.165) is 30.0 Å². The van der Waals surface area contributed by atoms with Gasteiger partial charge in [0.25, 0.3) is 0 Å². The molecular formula is C21H28N4O2. The lowest BCUT2D eigenvalue weighted by atomic mass is 9.96. The van der Waals surface area contributed by atoms with E-state index in [1.807, 2.05) is 42.5 Å². The van der Waals surface area contributed by atoms with Crippen molar-refractivity contribution in [2.24, 2.45) is 5.92 Å². The first-order valence-corrected chi connectivity index (χ1v) is 9.51. The van der Waals surface area contributed by atoms with Gasteiger partial charge >= 0.3 is 6.03 Å². The maximum Gasteiger partial charge on any atom is 0.315 e. The van der Waals surface area contributed by atoms with Crippen LogP contribution in [-0.2, 0) is 11.3 Å². The van der Waals surface area contributed by atoms with Gasteiger partial charge in [0.15, 0.2) is 0 Å². The van der Waals surface area contributed by atoms with Crippen LogP contribution in [0.25, 0.3) is 0 Å². The molecule has 6 nitrogen and oxygen atoms in total. The SMILES string of the molecule is CC(C)C(NC(=O)NCc1cccnc1N1CCOCC1)c1ccccc1. The van der Waals surface area contributed by atoms with E-state index in [9.17, 15) is 4.79 Å². The summed E-state index contributed by atoms with van der Waals surface area (Å²) in [5.74, 6) is 1.21. The molecule has 27 heavy (non-hydrogen) atoms. The van der Waals surface area contributed by atoms with Crippen LogP contribution in [-0.4, -0.2) is 37.3 Å². The fourth-order valence-electron chi connectivity index (χ4n) is 3.29. The maximum atomic E-state index is 12.5. The minimum atomic E-state index is -0.172. The number of urea groups is 1. The Morgan fingerprint density at radius 1 is 1.15 bits per heavy atom. The van der Waals surface area contributed by atoms with E-state index in [2.05, 4.69) is 34.4 Å². The van der Waals surface area contributed by atoms with Crippen LogP contribution in [0, 0.1) is 5.92 Å². The molecule has 1 unspecified atom stereocenters. The van der Waals surface area contributed by atoms with Crippen LogP contribution in [0.1, 0.15) is 31.0 Å². The molecule has 2 aromatic rings. The predicted octanol–water partition coefficient (Wildman–Crippen LogP) is 3.11. The van der Waals surface area contributed by atoms with Crippen LogP contribution in [0.3, 0.4) is 0 Å². The second kappa shape index (κ2) is 9.37. The van der Waals surface area contributed by atoms with Gasteiger partial charge in [0.1, 0.15) is 5.82 Å². The topological polar surface area (TPSA) is 66.5 Å². The molecule has 2 N–H and O–H groups in total. The Balaban J connectivity index is 1.62. The predicted molar refractivity (Wildman–Crippen MR) is 107 cm³/mol. The molecule has 6 heteroatoms. The number of hydrogen-bond donors (Lipinski definition) is 2. The number of carbonyl (C=O) groups is 1. The number of pyridine rings is 1. The molecule has 1 aromatic heterocycles. The highest BCUT2D eigenvalue weighted by Crippen LogP contribution is 2.21. The fourth-order valence-corrected chi connectivity index (χ4v) is 3.29. The Kier molecular flexibility index (Phi) is 6.65. The Hall–Kier alpha value is -2.60. The fraction of sp³-hybridized carbons (Fsp3) is 0.429. The molecule has 144 valence electrons. The lowest BCUT2D eigenvalue weighted by Crippen LogP contribution is -2.40. The van der Waals surface area contributed by atoms with Crippen molar-refractivity contribution < 1.29 is 9.53 Å². The second-order valence-corrected chi connectivity index (χ2v) is 7.04. The van der Waals surface area contributed by atoms with Crippen molar-refractivity contribution in [2.45, 2.75) is 26.4 Å². The van der Waals surface area contributed by atoms with E-state index in [1.54, 1.807) is 6.20 Å². The van der Waals surface area contributed by atoms with Crippen LogP contribution in [0.2, 0.25) is 0 Å². The van der Waals surface area contributed by atoms with E-state index in [-0.39, 0.29) is 12.1 Å². The average molecular weight is 368 g/mol. The highest BCUT2D eigenvalue weighted by atomic mass is 16.5. The van der Waals surface area contributed by atoms with Gasteiger partial charge in [-0.15, -0.1) is 0 Å². The van der Waals surface area contributed by atoms with Gasteiger partial charge in [0.2, 0.25) is 0 Å². The van der Waals surface area contributed by atoms with E-state index < -0.39 is 0 Å². The number of anilines is 1. The monoisotopic (exact) mass is 368 g/mol. The van der Waals surface area contributed by atoms with Crippen LogP contribution in [0.4, 0.5) is 10.6 Å². The van der Waals surface area contributed by atoms with Gasteiger partial charge in [-0.3, -0.25) is 0 Å². The third-order valence-corrected chi connectivity index (χ3v) is 4.73. The number of amides is 2. The van der Waals surface area contributed by atoms with Gasteiger partial charge in [-0.05, 0) is 17.5 Å². The first kappa shape index (κ1) is 19.2. The molecule has 2 heterocycles. The lowest BCUT2D eigenvalue weighted by molar-refractivity contribution is 0.122. The van der Waals surface area contributed by atoms with Crippen molar-refractivity contribution in [2.75, 3.05) is 31.2 Å². The van der Waals surface area contributed by atoms with Gasteiger partial charge in [0, 0.05) is 31.4 Å². The quantitative estimate of drug-likeness (QED) is 0.822. The average Bonchev–Trinajstić information content (AvgIpc) is 2.72. The molecule has 0 radical (unpaired) electrons. The normalized spacial score (nSPS) is 15.4. The second-order valence-electron chi connectivity index (χ2n) is 7.04. The zero-order valence-electron chi connectivity index (χ0n) is 16.0. The van der Waals surface area contributed by atoms with Crippen molar-refractivity contribution in [1.29, 1.82) is 0 Å². The van der Waals surface area contributed by atoms with Crippen molar-refractivity contribution in [3.63, 3.8) is 0 Å². The summed E-state index contributed by atoms with van der Waals surface area (Å²) in [5.41, 5.74) is 2.12. The number of nitrogens with zero attached hydrogens (tertiary/aromatic N) is 2. The first-order chi connectivity index (χ1) is 13.1. The van der Waals surface area contributed by atoms with Crippen molar-refractivity contribution in [3.05, 3.63) is 59.8 Å². The smallest absolute Gasteiger partial charge is 0.315 e. The first-order valence-electron chi connectivity index (χ1n) is 9.51. The third kappa shape index (κ3) is 5.20. The molecular weight excluding hydrogens is 340 g/mol. The minimum absolute atomic E-state index is 0.0289. The molecule has 1 aliphatic heterocycles. The molecule has 2 amide bonds. The number of nitrogens with one attached hydrogen (secondary N) is 2. The number of ether oxygens (including phenoxy) is 1. The summed E-state index contributed by atoms with van der Waals surface area (Å²) in [6, 6.07) is 13.8. The van der Waals surface area contributed by atoms with E-state index in [1.165, 1.54) is 0 Å². The van der Waals surface area contributed by atoms with Crippen LogP contribution >= 0.6 is 0 Å². The molecule has 1 aromatic carbocycles. The Labute approximate surface area is 160 Å². The Bertz CT molecular complexity index is 730. The Morgan fingerprint density at radius 2 is 1.89 bits per heavy atom. The lowest BCUT2D eigenvalue weighted by Gasteiger charge is -2.29. The highest BCUT2D eigenvalue weighted by Gasteiger charge is 2.19. The van der Waals surface area contributed by atoms with Crippen LogP contribution < -0.4 is 15.5 Å². The molecule has 3 rings (SSSR count). The number of morpholine rings is 1. The summed E-state index contributed by atoms with van der Waals surface area (Å²) in [6.45, 7) is 7.70. The van der Waals surface area contributed by atoms with Crippen molar-refractivity contribution in [1.82, 2.24) is 15.6 Å². The van der Waals surface area contributed by atoms with Gasteiger partial charge in [-0.1, -0.05) is 50.2 Å². The molecule has 1 atom stereocenters. The van der Waals surface area contributed by atoms with E-state index in [0.29, 0.717) is 25.7 Å².